The molecule has 11 heteroatoms. The zero-order chi connectivity index (χ0) is 22.3. The second-order valence-electron chi connectivity index (χ2n) is 7.04. The Kier molecular flexibility index (Phi) is 5.65. The van der Waals surface area contributed by atoms with Gasteiger partial charge in [-0.25, -0.2) is 9.97 Å². The van der Waals surface area contributed by atoms with E-state index in [9.17, 15) is 22.8 Å². The first kappa shape index (κ1) is 21.6. The third-order valence-electron chi connectivity index (χ3n) is 4.88. The molecular formula is C20H17F3N4O2S2. The van der Waals surface area contributed by atoms with Gasteiger partial charge in [0, 0.05) is 10.3 Å². The molecule has 2 amide bonds. The zero-order valence-corrected chi connectivity index (χ0v) is 17.9. The molecule has 0 bridgehead atoms. The number of amides is 2. The fourth-order valence-corrected chi connectivity index (χ4v) is 5.69. The van der Waals surface area contributed by atoms with Gasteiger partial charge in [-0.05, 0) is 37.8 Å². The summed E-state index contributed by atoms with van der Waals surface area (Å²) in [5, 5.41) is 2.82. The second-order valence-corrected chi connectivity index (χ2v) is 9.48. The van der Waals surface area contributed by atoms with Gasteiger partial charge in [-0.1, -0.05) is 30.0 Å². The molecule has 0 aliphatic heterocycles. The van der Waals surface area contributed by atoms with Crippen molar-refractivity contribution in [2.24, 2.45) is 5.73 Å². The van der Waals surface area contributed by atoms with Crippen LogP contribution in [0.5, 0.6) is 0 Å². The topological polar surface area (TPSA) is 98.0 Å². The fraction of sp³-hybridized carbons (Fsp3) is 0.300. The van der Waals surface area contributed by atoms with Gasteiger partial charge >= 0.3 is 6.18 Å². The number of aryl methyl sites for hydroxylation is 1. The van der Waals surface area contributed by atoms with Crippen molar-refractivity contribution in [3.63, 3.8) is 0 Å². The maximum absolute atomic E-state index is 13.2. The maximum Gasteiger partial charge on any atom is 0.451 e. The summed E-state index contributed by atoms with van der Waals surface area (Å²) in [6, 6.07) is 6.33. The number of aromatic nitrogens is 2. The standard InChI is InChI=1S/C20H17F3N4O2S2/c1-9(16(29)26-18-14(15(24)28)11-6-4-8-13(11)31-18)30-17-10-5-2-3-7-12(10)25-19(27-17)20(21,22)23/h2-3,5,7,9H,4,6,8H2,1H3,(H2,24,28)(H,26,29). The van der Waals surface area contributed by atoms with Crippen molar-refractivity contribution in [1.29, 1.82) is 0 Å². The zero-order valence-electron chi connectivity index (χ0n) is 16.2. The Morgan fingerprint density at radius 2 is 1.97 bits per heavy atom. The number of nitrogens with two attached hydrogens (primary N) is 1. The van der Waals surface area contributed by atoms with Crippen molar-refractivity contribution >= 4 is 50.8 Å². The van der Waals surface area contributed by atoms with Crippen LogP contribution in [0.25, 0.3) is 10.9 Å². The lowest BCUT2D eigenvalue weighted by molar-refractivity contribution is -0.145. The highest BCUT2D eigenvalue weighted by Gasteiger charge is 2.36. The first-order valence-electron chi connectivity index (χ1n) is 9.41. The van der Waals surface area contributed by atoms with Crippen LogP contribution in [0.1, 0.15) is 40.0 Å². The van der Waals surface area contributed by atoms with Crippen molar-refractivity contribution in [2.75, 3.05) is 5.32 Å². The Bertz CT molecular complexity index is 1190. The van der Waals surface area contributed by atoms with E-state index >= 15 is 0 Å². The number of carbonyl (C=O) groups is 2. The summed E-state index contributed by atoms with van der Waals surface area (Å²) >= 11 is 2.22. The van der Waals surface area contributed by atoms with Crippen molar-refractivity contribution < 1.29 is 22.8 Å². The first-order valence-corrected chi connectivity index (χ1v) is 11.1. The molecule has 0 spiro atoms. The van der Waals surface area contributed by atoms with Crippen LogP contribution in [0.3, 0.4) is 0 Å². The van der Waals surface area contributed by atoms with Crippen LogP contribution in [0.4, 0.5) is 18.2 Å². The first-order chi connectivity index (χ1) is 14.6. The van der Waals surface area contributed by atoms with E-state index in [1.807, 2.05) is 0 Å². The van der Waals surface area contributed by atoms with Gasteiger partial charge in [-0.3, -0.25) is 9.59 Å². The van der Waals surface area contributed by atoms with Crippen LogP contribution < -0.4 is 11.1 Å². The van der Waals surface area contributed by atoms with Gasteiger partial charge in [0.05, 0.1) is 16.3 Å². The summed E-state index contributed by atoms with van der Waals surface area (Å²) in [6.07, 6.45) is -2.21. The minimum Gasteiger partial charge on any atom is -0.365 e. The van der Waals surface area contributed by atoms with E-state index in [0.29, 0.717) is 16.0 Å². The fourth-order valence-electron chi connectivity index (χ4n) is 3.45. The highest BCUT2D eigenvalue weighted by molar-refractivity contribution is 8.00. The van der Waals surface area contributed by atoms with Crippen LogP contribution in [-0.2, 0) is 23.8 Å². The Morgan fingerprint density at radius 1 is 1.23 bits per heavy atom. The number of hydrogen-bond acceptors (Lipinski definition) is 6. The molecule has 2 aromatic heterocycles. The number of nitrogens with zero attached hydrogens (tertiary/aromatic N) is 2. The van der Waals surface area contributed by atoms with E-state index in [1.54, 1.807) is 25.1 Å². The molecule has 0 radical (unpaired) electrons. The van der Waals surface area contributed by atoms with Crippen LogP contribution in [0.2, 0.25) is 0 Å². The second kappa shape index (κ2) is 8.12. The number of benzene rings is 1. The number of thiophene rings is 1. The maximum atomic E-state index is 13.2. The lowest BCUT2D eigenvalue weighted by Gasteiger charge is -2.14. The van der Waals surface area contributed by atoms with E-state index in [4.69, 9.17) is 5.73 Å². The number of nitrogens with one attached hydrogen (secondary N) is 1. The van der Waals surface area contributed by atoms with Gasteiger partial charge in [0.25, 0.3) is 5.91 Å². The molecule has 0 fully saturated rings. The summed E-state index contributed by atoms with van der Waals surface area (Å²) in [7, 11) is 0. The highest BCUT2D eigenvalue weighted by atomic mass is 32.2. The van der Waals surface area contributed by atoms with E-state index < -0.39 is 29.1 Å². The molecule has 0 saturated carbocycles. The number of rotatable bonds is 5. The minimum absolute atomic E-state index is 0.0596. The van der Waals surface area contributed by atoms with Crippen LogP contribution in [-0.4, -0.2) is 27.0 Å². The molecule has 1 aliphatic carbocycles. The summed E-state index contributed by atoms with van der Waals surface area (Å²) in [5.74, 6) is -2.32. The largest absolute Gasteiger partial charge is 0.451 e. The normalized spacial score (nSPS) is 14.5. The smallest absolute Gasteiger partial charge is 0.365 e. The minimum atomic E-state index is -4.71. The number of fused-ring (bicyclic) bond motifs is 2. The Hall–Kier alpha value is -2.66. The summed E-state index contributed by atoms with van der Waals surface area (Å²) < 4.78 is 39.7. The average Bonchev–Trinajstić information content (AvgIpc) is 3.27. The Labute approximate surface area is 183 Å². The molecule has 162 valence electrons. The van der Waals surface area contributed by atoms with Crippen molar-refractivity contribution in [3.05, 3.63) is 46.1 Å². The molecule has 1 aromatic carbocycles. The molecule has 4 rings (SSSR count). The third kappa shape index (κ3) is 4.24. The molecule has 31 heavy (non-hydrogen) atoms. The number of halogens is 3. The highest BCUT2D eigenvalue weighted by Crippen LogP contribution is 2.39. The number of carbonyl (C=O) groups excluding carboxylic acids is 2. The number of para-hydroxylation sites is 1. The molecule has 6 nitrogen and oxygen atoms in total. The summed E-state index contributed by atoms with van der Waals surface area (Å²) in [6.45, 7) is 1.56. The van der Waals surface area contributed by atoms with E-state index in [2.05, 4.69) is 15.3 Å². The lowest BCUT2D eigenvalue weighted by Crippen LogP contribution is -2.24. The molecule has 1 aliphatic rings. The molecule has 1 unspecified atom stereocenters. The number of alkyl halides is 3. The number of thioether (sulfide) groups is 1. The van der Waals surface area contributed by atoms with E-state index in [0.717, 1.165) is 41.5 Å². The van der Waals surface area contributed by atoms with Gasteiger partial charge in [0.15, 0.2) is 0 Å². The van der Waals surface area contributed by atoms with Crippen LogP contribution in [0, 0.1) is 0 Å². The predicted octanol–water partition coefficient (Wildman–Crippen LogP) is 4.42. The number of anilines is 1. The van der Waals surface area contributed by atoms with E-state index in [1.165, 1.54) is 17.4 Å². The van der Waals surface area contributed by atoms with Crippen LogP contribution in [0.15, 0.2) is 29.3 Å². The van der Waals surface area contributed by atoms with Crippen molar-refractivity contribution in [2.45, 2.75) is 42.6 Å². The van der Waals surface area contributed by atoms with Gasteiger partial charge in [-0.2, -0.15) is 13.2 Å². The Balaban J connectivity index is 1.61. The molecule has 2 heterocycles. The van der Waals surface area contributed by atoms with Gasteiger partial charge < -0.3 is 11.1 Å². The third-order valence-corrected chi connectivity index (χ3v) is 7.19. The molecule has 0 saturated heterocycles. The molecular weight excluding hydrogens is 449 g/mol. The molecule has 3 aromatic rings. The Morgan fingerprint density at radius 3 is 2.68 bits per heavy atom. The summed E-state index contributed by atoms with van der Waals surface area (Å²) in [4.78, 5) is 33.0. The summed E-state index contributed by atoms with van der Waals surface area (Å²) in [5.41, 5.74) is 6.87. The lowest BCUT2D eigenvalue weighted by atomic mass is 10.1. The van der Waals surface area contributed by atoms with Crippen LogP contribution >= 0.6 is 23.1 Å². The van der Waals surface area contributed by atoms with Gasteiger partial charge in [-0.15, -0.1) is 11.3 Å². The van der Waals surface area contributed by atoms with Gasteiger partial charge in [0.2, 0.25) is 11.7 Å². The van der Waals surface area contributed by atoms with E-state index in [-0.39, 0.29) is 10.5 Å². The van der Waals surface area contributed by atoms with Gasteiger partial charge in [0.1, 0.15) is 10.0 Å². The monoisotopic (exact) mass is 466 g/mol. The SMILES string of the molecule is CC(Sc1nc(C(F)(F)F)nc2ccccc12)C(=O)Nc1sc2c(c1C(N)=O)CCC2. The average molecular weight is 467 g/mol. The van der Waals surface area contributed by atoms with Crippen molar-refractivity contribution in [1.82, 2.24) is 9.97 Å². The predicted molar refractivity (Wildman–Crippen MR) is 113 cm³/mol. The molecule has 3 N–H and O–H groups in total. The quantitative estimate of drug-likeness (QED) is 0.429. The number of hydrogen-bond donors (Lipinski definition) is 2. The molecule has 1 atom stereocenters. The van der Waals surface area contributed by atoms with Crippen molar-refractivity contribution in [3.8, 4) is 0 Å². The number of primary amides is 1.